The maximum absolute atomic E-state index is 5.23. The summed E-state index contributed by atoms with van der Waals surface area (Å²) in [5, 5.41) is 0. The molecule has 1 aliphatic carbocycles. The summed E-state index contributed by atoms with van der Waals surface area (Å²) in [6, 6.07) is 0.647. The average Bonchev–Trinajstić information content (AvgIpc) is 2.69. The predicted molar refractivity (Wildman–Crippen MR) is 38.4 cm³/mol. The van der Waals surface area contributed by atoms with Gasteiger partial charge in [-0.1, -0.05) is 0 Å². The fourth-order valence-corrected chi connectivity index (χ4v) is 1.07. The summed E-state index contributed by atoms with van der Waals surface area (Å²) in [4.78, 5) is 4.02. The molecule has 0 atom stereocenters. The summed E-state index contributed by atoms with van der Waals surface area (Å²) in [5.74, 6) is 3.31. The van der Waals surface area contributed by atoms with E-state index in [4.69, 9.17) is 6.42 Å². The van der Waals surface area contributed by atoms with Gasteiger partial charge >= 0.3 is 0 Å². The van der Waals surface area contributed by atoms with E-state index in [1.165, 1.54) is 12.8 Å². The number of aromatic nitrogens is 2. The molecule has 0 aliphatic heterocycles. The molecule has 1 aliphatic rings. The lowest BCUT2D eigenvalue weighted by molar-refractivity contribution is 0.730. The van der Waals surface area contributed by atoms with Crippen LogP contribution in [0.3, 0.4) is 0 Å². The standard InChI is InChI=1S/C8H8N2/c1-2-8-9-5-6-10(8)7-3-4-7/h1,5-7H,3-4H2. The molecule has 10 heavy (non-hydrogen) atoms. The van der Waals surface area contributed by atoms with Crippen LogP contribution < -0.4 is 0 Å². The Balaban J connectivity index is 2.40. The third kappa shape index (κ3) is 0.714. The molecule has 2 rings (SSSR count). The number of imidazole rings is 1. The van der Waals surface area contributed by atoms with Gasteiger partial charge in [0.1, 0.15) is 0 Å². The van der Waals surface area contributed by atoms with Crippen molar-refractivity contribution in [1.29, 1.82) is 0 Å². The van der Waals surface area contributed by atoms with Gasteiger partial charge in [0.2, 0.25) is 0 Å². The van der Waals surface area contributed by atoms with Gasteiger partial charge < -0.3 is 4.57 Å². The zero-order valence-electron chi connectivity index (χ0n) is 5.62. The highest BCUT2D eigenvalue weighted by atomic mass is 15.1. The number of terminal acetylenes is 1. The average molecular weight is 132 g/mol. The topological polar surface area (TPSA) is 17.8 Å². The van der Waals surface area contributed by atoms with Crippen molar-refractivity contribution < 1.29 is 0 Å². The molecule has 50 valence electrons. The van der Waals surface area contributed by atoms with Crippen LogP contribution in [0.5, 0.6) is 0 Å². The van der Waals surface area contributed by atoms with Gasteiger partial charge in [0.25, 0.3) is 0 Å². The third-order valence-electron chi connectivity index (χ3n) is 1.74. The summed E-state index contributed by atoms with van der Waals surface area (Å²) in [7, 11) is 0. The van der Waals surface area contributed by atoms with Crippen molar-refractivity contribution in [2.45, 2.75) is 18.9 Å². The highest BCUT2D eigenvalue weighted by Crippen LogP contribution is 2.35. The van der Waals surface area contributed by atoms with E-state index in [0.717, 1.165) is 5.82 Å². The molecule has 0 radical (unpaired) electrons. The predicted octanol–water partition coefficient (Wildman–Crippen LogP) is 1.20. The Morgan fingerprint density at radius 3 is 3.10 bits per heavy atom. The van der Waals surface area contributed by atoms with Gasteiger partial charge in [-0.25, -0.2) is 4.98 Å². The molecular formula is C8H8N2. The van der Waals surface area contributed by atoms with Crippen LogP contribution in [0.4, 0.5) is 0 Å². The van der Waals surface area contributed by atoms with E-state index in [2.05, 4.69) is 15.5 Å². The molecule has 1 fully saturated rings. The van der Waals surface area contributed by atoms with Gasteiger partial charge in [-0.05, 0) is 18.8 Å². The van der Waals surface area contributed by atoms with Crippen LogP contribution in [-0.2, 0) is 0 Å². The number of hydrogen-bond acceptors (Lipinski definition) is 1. The third-order valence-corrected chi connectivity index (χ3v) is 1.74. The summed E-state index contributed by atoms with van der Waals surface area (Å²) < 4.78 is 2.07. The normalized spacial score (nSPS) is 16.7. The summed E-state index contributed by atoms with van der Waals surface area (Å²) >= 11 is 0. The zero-order chi connectivity index (χ0) is 6.97. The molecule has 1 aromatic rings. The smallest absolute Gasteiger partial charge is 0.185 e. The molecule has 0 N–H and O–H groups in total. The summed E-state index contributed by atoms with van der Waals surface area (Å²) in [6.45, 7) is 0. The van der Waals surface area contributed by atoms with Crippen molar-refractivity contribution in [3.05, 3.63) is 18.2 Å². The lowest BCUT2D eigenvalue weighted by Gasteiger charge is -1.97. The van der Waals surface area contributed by atoms with Gasteiger partial charge in [0, 0.05) is 18.4 Å². The molecule has 0 unspecified atom stereocenters. The van der Waals surface area contributed by atoms with E-state index in [-0.39, 0.29) is 0 Å². The first-order chi connectivity index (χ1) is 4.92. The van der Waals surface area contributed by atoms with E-state index in [1.54, 1.807) is 6.20 Å². The minimum Gasteiger partial charge on any atom is -0.321 e. The van der Waals surface area contributed by atoms with E-state index in [9.17, 15) is 0 Å². The first-order valence-corrected chi connectivity index (χ1v) is 3.41. The van der Waals surface area contributed by atoms with Crippen LogP contribution in [-0.4, -0.2) is 9.55 Å². The molecule has 0 bridgehead atoms. The number of hydrogen-bond donors (Lipinski definition) is 0. The van der Waals surface area contributed by atoms with E-state index < -0.39 is 0 Å². The minimum absolute atomic E-state index is 0.647. The maximum Gasteiger partial charge on any atom is 0.185 e. The van der Waals surface area contributed by atoms with Crippen LogP contribution in [0.2, 0.25) is 0 Å². The molecule has 1 aromatic heterocycles. The molecule has 0 amide bonds. The Morgan fingerprint density at radius 1 is 1.70 bits per heavy atom. The van der Waals surface area contributed by atoms with Crippen molar-refractivity contribution in [2.75, 3.05) is 0 Å². The number of rotatable bonds is 1. The monoisotopic (exact) mass is 132 g/mol. The Labute approximate surface area is 59.9 Å². The molecule has 0 spiro atoms. The van der Waals surface area contributed by atoms with Gasteiger partial charge in [-0.15, -0.1) is 6.42 Å². The molecule has 1 heterocycles. The van der Waals surface area contributed by atoms with Gasteiger partial charge in [0.15, 0.2) is 5.82 Å². The first-order valence-electron chi connectivity index (χ1n) is 3.41. The van der Waals surface area contributed by atoms with E-state index in [0.29, 0.717) is 6.04 Å². The SMILES string of the molecule is C#Cc1nccn1C1CC1. The highest BCUT2D eigenvalue weighted by Gasteiger charge is 2.24. The lowest BCUT2D eigenvalue weighted by Crippen LogP contribution is -1.95. The van der Waals surface area contributed by atoms with E-state index in [1.807, 2.05) is 6.20 Å². The molecule has 1 saturated carbocycles. The zero-order valence-corrected chi connectivity index (χ0v) is 5.62. The second-order valence-electron chi connectivity index (χ2n) is 2.53. The first kappa shape index (κ1) is 5.55. The van der Waals surface area contributed by atoms with Crippen molar-refractivity contribution in [2.24, 2.45) is 0 Å². The van der Waals surface area contributed by atoms with Crippen LogP contribution in [0.1, 0.15) is 24.7 Å². The van der Waals surface area contributed by atoms with Crippen molar-refractivity contribution in [1.82, 2.24) is 9.55 Å². The highest BCUT2D eigenvalue weighted by molar-refractivity contribution is 5.18. The Bertz CT molecular complexity index is 276. The second-order valence-corrected chi connectivity index (χ2v) is 2.53. The quantitative estimate of drug-likeness (QED) is 0.525. The fraction of sp³-hybridized carbons (Fsp3) is 0.375. The minimum atomic E-state index is 0.647. The summed E-state index contributed by atoms with van der Waals surface area (Å²) in [5.41, 5.74) is 0. The molecule has 2 heteroatoms. The lowest BCUT2D eigenvalue weighted by atomic mass is 10.5. The maximum atomic E-state index is 5.23. The van der Waals surface area contributed by atoms with Crippen molar-refractivity contribution >= 4 is 0 Å². The van der Waals surface area contributed by atoms with Crippen LogP contribution in [0, 0.1) is 12.3 Å². The molecule has 0 saturated heterocycles. The van der Waals surface area contributed by atoms with Gasteiger partial charge in [-0.2, -0.15) is 0 Å². The van der Waals surface area contributed by atoms with E-state index >= 15 is 0 Å². The number of nitrogens with zero attached hydrogens (tertiary/aromatic N) is 2. The van der Waals surface area contributed by atoms with Gasteiger partial charge in [-0.3, -0.25) is 0 Å². The fourth-order valence-electron chi connectivity index (χ4n) is 1.07. The molecular weight excluding hydrogens is 124 g/mol. The van der Waals surface area contributed by atoms with Crippen LogP contribution >= 0.6 is 0 Å². The Hall–Kier alpha value is -1.23. The van der Waals surface area contributed by atoms with Crippen LogP contribution in [0.15, 0.2) is 12.4 Å². The van der Waals surface area contributed by atoms with Crippen molar-refractivity contribution in [3.63, 3.8) is 0 Å². The van der Waals surface area contributed by atoms with Crippen LogP contribution in [0.25, 0.3) is 0 Å². The van der Waals surface area contributed by atoms with Crippen molar-refractivity contribution in [3.8, 4) is 12.3 Å². The Kier molecular flexibility index (Phi) is 1.04. The molecule has 0 aromatic carbocycles. The largest absolute Gasteiger partial charge is 0.321 e. The second kappa shape index (κ2) is 1.88. The summed E-state index contributed by atoms with van der Waals surface area (Å²) in [6.07, 6.45) is 11.4. The molecule has 2 nitrogen and oxygen atoms in total. The van der Waals surface area contributed by atoms with Gasteiger partial charge in [0.05, 0.1) is 0 Å². The Morgan fingerprint density at radius 2 is 2.50 bits per heavy atom.